The predicted molar refractivity (Wildman–Crippen MR) is 105 cm³/mol. The number of fused-ring (bicyclic) bond motifs is 1. The molecule has 0 aliphatic carbocycles. The summed E-state index contributed by atoms with van der Waals surface area (Å²) in [6, 6.07) is 15.4. The lowest BCUT2D eigenvalue weighted by Crippen LogP contribution is -2.23. The third-order valence-electron chi connectivity index (χ3n) is 3.99. The number of carbonyl (C=O) groups excluding carboxylic acids is 1. The average Bonchev–Trinajstić information content (AvgIpc) is 3.13. The number of ether oxygens (including phenoxy) is 3. The summed E-state index contributed by atoms with van der Waals surface area (Å²) in [6.45, 7) is 0.875. The molecule has 2 aromatic carbocycles. The van der Waals surface area contributed by atoms with Crippen molar-refractivity contribution in [3.8, 4) is 11.5 Å². The van der Waals surface area contributed by atoms with Gasteiger partial charge in [0.05, 0.1) is 0 Å². The first kappa shape index (κ1) is 18.7. The minimum absolute atomic E-state index is 0.254. The van der Waals surface area contributed by atoms with Gasteiger partial charge in [-0.2, -0.15) is 0 Å². The summed E-state index contributed by atoms with van der Waals surface area (Å²) < 4.78 is 16.3. The molecule has 1 atom stereocenters. The molecule has 0 radical (unpaired) electrons. The number of benzene rings is 2. The Morgan fingerprint density at radius 3 is 2.67 bits per heavy atom. The summed E-state index contributed by atoms with van der Waals surface area (Å²) in [6.07, 6.45) is 6.47. The molecule has 140 valence electrons. The number of esters is 1. The number of hydrogen-bond acceptors (Lipinski definition) is 5. The first-order valence-electron chi connectivity index (χ1n) is 8.76. The summed E-state index contributed by atoms with van der Waals surface area (Å²) in [7, 11) is 3.90. The van der Waals surface area contributed by atoms with E-state index in [0.29, 0.717) is 6.54 Å². The third-order valence-corrected chi connectivity index (χ3v) is 3.99. The predicted octanol–water partition coefficient (Wildman–Crippen LogP) is 3.83. The Morgan fingerprint density at radius 1 is 1.11 bits per heavy atom. The second kappa shape index (κ2) is 9.05. The third kappa shape index (κ3) is 5.46. The van der Waals surface area contributed by atoms with Crippen LogP contribution in [0.15, 0.2) is 66.8 Å². The van der Waals surface area contributed by atoms with E-state index in [1.807, 2.05) is 73.6 Å². The summed E-state index contributed by atoms with van der Waals surface area (Å²) in [5.74, 6) is 1.11. The van der Waals surface area contributed by atoms with Crippen LogP contribution in [-0.4, -0.2) is 38.3 Å². The van der Waals surface area contributed by atoms with Gasteiger partial charge in [0.25, 0.3) is 0 Å². The summed E-state index contributed by atoms with van der Waals surface area (Å²) in [5, 5.41) is 0. The summed E-state index contributed by atoms with van der Waals surface area (Å²) >= 11 is 0. The molecule has 0 N–H and O–H groups in total. The van der Waals surface area contributed by atoms with Crippen molar-refractivity contribution in [3.05, 3.63) is 77.9 Å². The van der Waals surface area contributed by atoms with Crippen LogP contribution in [0.5, 0.6) is 11.5 Å². The smallest absolute Gasteiger partial charge is 0.331 e. The summed E-state index contributed by atoms with van der Waals surface area (Å²) in [4.78, 5) is 14.2. The Kier molecular flexibility index (Phi) is 6.28. The van der Waals surface area contributed by atoms with E-state index in [0.717, 1.165) is 22.6 Å². The molecule has 0 aromatic heterocycles. The molecule has 1 aliphatic rings. The zero-order valence-corrected chi connectivity index (χ0v) is 15.5. The van der Waals surface area contributed by atoms with E-state index >= 15 is 0 Å². The van der Waals surface area contributed by atoms with Crippen LogP contribution in [0.4, 0.5) is 0 Å². The van der Waals surface area contributed by atoms with Gasteiger partial charge in [-0.1, -0.05) is 54.6 Å². The van der Waals surface area contributed by atoms with E-state index in [-0.39, 0.29) is 18.9 Å². The summed E-state index contributed by atoms with van der Waals surface area (Å²) in [5.41, 5.74) is 1.94. The van der Waals surface area contributed by atoms with Gasteiger partial charge in [0, 0.05) is 12.6 Å². The molecule has 5 heteroatoms. The second-order valence-electron chi connectivity index (χ2n) is 6.43. The highest BCUT2D eigenvalue weighted by molar-refractivity contribution is 5.82. The number of nitrogens with zero attached hydrogens (tertiary/aromatic N) is 1. The van der Waals surface area contributed by atoms with Gasteiger partial charge in [-0.15, -0.1) is 0 Å². The van der Waals surface area contributed by atoms with Gasteiger partial charge in [0.15, 0.2) is 11.5 Å². The molecule has 0 saturated carbocycles. The van der Waals surface area contributed by atoms with Gasteiger partial charge in [-0.25, -0.2) is 4.79 Å². The van der Waals surface area contributed by atoms with E-state index in [9.17, 15) is 4.79 Å². The first-order valence-corrected chi connectivity index (χ1v) is 8.76. The second-order valence-corrected chi connectivity index (χ2v) is 6.43. The molecule has 1 unspecified atom stereocenters. The molecular formula is C22H23NO4. The first-order chi connectivity index (χ1) is 13.1. The highest BCUT2D eigenvalue weighted by atomic mass is 16.7. The monoisotopic (exact) mass is 365 g/mol. The standard InChI is InChI=1S/C22H23NO4/c1-23(2)15-21(18-9-4-3-5-10-18)27-22(24)11-7-6-8-17-12-13-19-20(14-17)26-16-25-19/h3-14,21H,15-16H2,1-2H3. The number of rotatable bonds is 7. The fourth-order valence-electron chi connectivity index (χ4n) is 2.71. The average molecular weight is 365 g/mol. The van der Waals surface area contributed by atoms with Crippen molar-refractivity contribution in [2.24, 2.45) is 0 Å². The van der Waals surface area contributed by atoms with Crippen molar-refractivity contribution in [1.29, 1.82) is 0 Å². The van der Waals surface area contributed by atoms with Crippen LogP contribution in [0.2, 0.25) is 0 Å². The zero-order chi connectivity index (χ0) is 19.1. The van der Waals surface area contributed by atoms with E-state index in [1.54, 1.807) is 12.2 Å². The molecule has 5 nitrogen and oxygen atoms in total. The Morgan fingerprint density at radius 2 is 1.89 bits per heavy atom. The Hall–Kier alpha value is -3.05. The fourth-order valence-corrected chi connectivity index (χ4v) is 2.71. The van der Waals surface area contributed by atoms with Crippen molar-refractivity contribution in [3.63, 3.8) is 0 Å². The van der Waals surface area contributed by atoms with Gasteiger partial charge >= 0.3 is 5.97 Å². The number of hydrogen-bond donors (Lipinski definition) is 0. The van der Waals surface area contributed by atoms with E-state index < -0.39 is 0 Å². The molecule has 0 spiro atoms. The Balaban J connectivity index is 1.58. The van der Waals surface area contributed by atoms with Gasteiger partial charge in [0.1, 0.15) is 6.10 Å². The van der Waals surface area contributed by atoms with Crippen LogP contribution < -0.4 is 9.47 Å². The minimum atomic E-state index is -0.374. The SMILES string of the molecule is CN(C)CC(OC(=O)C=CC=Cc1ccc2c(c1)OCO2)c1ccccc1. The van der Waals surface area contributed by atoms with Crippen LogP contribution in [0.25, 0.3) is 6.08 Å². The fraction of sp³-hybridized carbons (Fsp3) is 0.227. The molecule has 1 heterocycles. The molecule has 0 amide bonds. The van der Waals surface area contributed by atoms with Crippen LogP contribution >= 0.6 is 0 Å². The van der Waals surface area contributed by atoms with Crippen molar-refractivity contribution in [1.82, 2.24) is 4.90 Å². The maximum absolute atomic E-state index is 12.2. The lowest BCUT2D eigenvalue weighted by atomic mass is 10.1. The van der Waals surface area contributed by atoms with Crippen molar-refractivity contribution >= 4 is 12.0 Å². The lowest BCUT2D eigenvalue weighted by Gasteiger charge is -2.21. The molecule has 0 bridgehead atoms. The zero-order valence-electron chi connectivity index (χ0n) is 15.5. The highest BCUT2D eigenvalue weighted by Gasteiger charge is 2.16. The van der Waals surface area contributed by atoms with Crippen molar-refractivity contribution in [2.45, 2.75) is 6.10 Å². The lowest BCUT2D eigenvalue weighted by molar-refractivity contribution is -0.144. The van der Waals surface area contributed by atoms with E-state index in [1.165, 1.54) is 6.08 Å². The van der Waals surface area contributed by atoms with Gasteiger partial charge in [-0.05, 0) is 37.4 Å². The van der Waals surface area contributed by atoms with Gasteiger partial charge in [0.2, 0.25) is 6.79 Å². The molecule has 0 fully saturated rings. The highest BCUT2D eigenvalue weighted by Crippen LogP contribution is 2.32. The molecule has 27 heavy (non-hydrogen) atoms. The van der Waals surface area contributed by atoms with E-state index in [2.05, 4.69) is 0 Å². The number of carbonyl (C=O) groups is 1. The Bertz CT molecular complexity index is 827. The van der Waals surface area contributed by atoms with E-state index in [4.69, 9.17) is 14.2 Å². The quantitative estimate of drug-likeness (QED) is 0.424. The molecule has 1 aliphatic heterocycles. The maximum atomic E-state index is 12.2. The molecular weight excluding hydrogens is 342 g/mol. The van der Waals surface area contributed by atoms with Gasteiger partial charge in [-0.3, -0.25) is 0 Å². The maximum Gasteiger partial charge on any atom is 0.331 e. The van der Waals surface area contributed by atoms with Gasteiger partial charge < -0.3 is 19.1 Å². The normalized spacial score (nSPS) is 14.2. The van der Waals surface area contributed by atoms with Crippen LogP contribution in [-0.2, 0) is 9.53 Å². The number of likely N-dealkylation sites (N-methyl/N-ethyl adjacent to an activating group) is 1. The largest absolute Gasteiger partial charge is 0.454 e. The van der Waals surface area contributed by atoms with Crippen molar-refractivity contribution < 1.29 is 19.0 Å². The van der Waals surface area contributed by atoms with Crippen LogP contribution in [0.3, 0.4) is 0 Å². The Labute approximate surface area is 159 Å². The molecule has 0 saturated heterocycles. The van der Waals surface area contributed by atoms with Crippen LogP contribution in [0.1, 0.15) is 17.2 Å². The van der Waals surface area contributed by atoms with Crippen LogP contribution in [0, 0.1) is 0 Å². The topological polar surface area (TPSA) is 48.0 Å². The molecule has 2 aromatic rings. The van der Waals surface area contributed by atoms with Crippen molar-refractivity contribution in [2.75, 3.05) is 27.4 Å². The molecule has 3 rings (SSSR count). The minimum Gasteiger partial charge on any atom is -0.454 e. The number of allylic oxidation sites excluding steroid dienone is 2.